The van der Waals surface area contributed by atoms with E-state index in [1.807, 2.05) is 0 Å². The van der Waals surface area contributed by atoms with Crippen molar-refractivity contribution in [3.63, 3.8) is 0 Å². The number of carbonyl (C=O) groups is 1. The molecule has 1 rings (SSSR count). The average Bonchev–Trinajstić information content (AvgIpc) is 2.34. The first-order valence-corrected chi connectivity index (χ1v) is 6.46. The molecule has 112 valence electrons. The van der Waals surface area contributed by atoms with Crippen LogP contribution >= 0.6 is 11.6 Å². The molecule has 3 nitrogen and oxygen atoms in total. The molecule has 0 heterocycles. The monoisotopic (exact) mass is 309 g/mol. The lowest BCUT2D eigenvalue weighted by Crippen LogP contribution is -2.30. The first-order valence-electron chi connectivity index (χ1n) is 6.08. The minimum absolute atomic E-state index is 0.0546. The molecule has 0 saturated heterocycles. The Morgan fingerprint density at radius 3 is 2.50 bits per heavy atom. The Labute approximate surface area is 120 Å². The van der Waals surface area contributed by atoms with Crippen LogP contribution in [0.15, 0.2) is 18.2 Å². The van der Waals surface area contributed by atoms with Gasteiger partial charge in [0.15, 0.2) is 0 Å². The predicted octanol–water partition coefficient (Wildman–Crippen LogP) is 4.11. The van der Waals surface area contributed by atoms with Crippen LogP contribution in [0.1, 0.15) is 25.8 Å². The number of nitrogens with one attached hydrogen (secondary N) is 1. The van der Waals surface area contributed by atoms with Crippen molar-refractivity contribution in [3.8, 4) is 0 Å². The fourth-order valence-corrected chi connectivity index (χ4v) is 1.84. The summed E-state index contributed by atoms with van der Waals surface area (Å²) in [6, 6.07) is 2.36. The summed E-state index contributed by atoms with van der Waals surface area (Å²) in [5, 5.41) is 2.65. The highest BCUT2D eigenvalue weighted by Gasteiger charge is 2.31. The van der Waals surface area contributed by atoms with Gasteiger partial charge in [-0.25, -0.2) is 4.79 Å². The maximum absolute atomic E-state index is 12.7. The fraction of sp³-hybridized carbons (Fsp3) is 0.462. The van der Waals surface area contributed by atoms with Crippen LogP contribution in [-0.4, -0.2) is 18.6 Å². The van der Waals surface area contributed by atoms with E-state index in [-0.39, 0.29) is 17.3 Å². The van der Waals surface area contributed by atoms with E-state index in [2.05, 4.69) is 5.32 Å². The zero-order chi connectivity index (χ0) is 15.3. The first kappa shape index (κ1) is 16.6. The van der Waals surface area contributed by atoms with Crippen molar-refractivity contribution in [2.24, 2.45) is 0 Å². The van der Waals surface area contributed by atoms with Gasteiger partial charge in [-0.3, -0.25) is 0 Å². The van der Waals surface area contributed by atoms with Gasteiger partial charge in [-0.2, -0.15) is 13.2 Å². The van der Waals surface area contributed by atoms with Crippen molar-refractivity contribution >= 4 is 23.3 Å². The largest absolute Gasteiger partial charge is 0.464 e. The van der Waals surface area contributed by atoms with E-state index in [4.69, 9.17) is 16.3 Å². The predicted molar refractivity (Wildman–Crippen MR) is 70.8 cm³/mol. The topological polar surface area (TPSA) is 38.3 Å². The number of alkyl halides is 3. The van der Waals surface area contributed by atoms with Gasteiger partial charge in [0, 0.05) is 10.7 Å². The molecule has 1 unspecified atom stereocenters. The Balaban J connectivity index is 2.96. The van der Waals surface area contributed by atoms with Gasteiger partial charge in [-0.1, -0.05) is 18.5 Å². The second-order valence-corrected chi connectivity index (χ2v) is 4.52. The zero-order valence-electron chi connectivity index (χ0n) is 11.1. The van der Waals surface area contributed by atoms with Crippen LogP contribution < -0.4 is 5.32 Å². The summed E-state index contributed by atoms with van der Waals surface area (Å²) in [4.78, 5) is 11.6. The van der Waals surface area contributed by atoms with Gasteiger partial charge in [0.1, 0.15) is 6.04 Å². The minimum Gasteiger partial charge on any atom is -0.464 e. The van der Waals surface area contributed by atoms with Gasteiger partial charge in [0.25, 0.3) is 0 Å². The third-order valence-electron chi connectivity index (χ3n) is 2.55. The van der Waals surface area contributed by atoms with Gasteiger partial charge in [0.05, 0.1) is 12.2 Å². The maximum Gasteiger partial charge on any atom is 0.416 e. The molecule has 1 atom stereocenters. The van der Waals surface area contributed by atoms with Crippen molar-refractivity contribution in [1.82, 2.24) is 0 Å². The standard InChI is InChI=1S/C13H15ClF3NO2/c1-3-11(12(19)20-4-2)18-10-6-8(13(15,16)17)5-9(14)7-10/h5-7,11,18H,3-4H2,1-2H3. The SMILES string of the molecule is CCOC(=O)C(CC)Nc1cc(Cl)cc(C(F)(F)F)c1. The molecule has 0 aromatic heterocycles. The second kappa shape index (κ2) is 6.83. The molecular formula is C13H15ClF3NO2. The normalized spacial score (nSPS) is 12.9. The summed E-state index contributed by atoms with van der Waals surface area (Å²) in [6.45, 7) is 3.59. The van der Waals surface area contributed by atoms with Gasteiger partial charge < -0.3 is 10.1 Å². The molecule has 1 aromatic rings. The van der Waals surface area contributed by atoms with Crippen molar-refractivity contribution < 1.29 is 22.7 Å². The number of carbonyl (C=O) groups excluding carboxylic acids is 1. The van der Waals surface area contributed by atoms with Gasteiger partial charge >= 0.3 is 12.1 Å². The third kappa shape index (κ3) is 4.59. The number of ether oxygens (including phenoxy) is 1. The molecule has 0 radical (unpaired) electrons. The summed E-state index contributed by atoms with van der Waals surface area (Å²) in [5.41, 5.74) is -0.740. The highest BCUT2D eigenvalue weighted by molar-refractivity contribution is 6.31. The lowest BCUT2D eigenvalue weighted by molar-refractivity contribution is -0.144. The lowest BCUT2D eigenvalue weighted by Gasteiger charge is -2.18. The molecular weight excluding hydrogens is 295 g/mol. The van der Waals surface area contributed by atoms with Crippen molar-refractivity contribution in [2.45, 2.75) is 32.5 Å². The van der Waals surface area contributed by atoms with E-state index in [9.17, 15) is 18.0 Å². The van der Waals surface area contributed by atoms with Crippen LogP contribution in [0.3, 0.4) is 0 Å². The van der Waals surface area contributed by atoms with Crippen molar-refractivity contribution in [2.75, 3.05) is 11.9 Å². The number of hydrogen-bond donors (Lipinski definition) is 1. The molecule has 7 heteroatoms. The summed E-state index contributed by atoms with van der Waals surface area (Å²) in [6.07, 6.45) is -4.11. The van der Waals surface area contributed by atoms with E-state index in [1.165, 1.54) is 6.07 Å². The van der Waals surface area contributed by atoms with E-state index < -0.39 is 23.8 Å². The Hall–Kier alpha value is -1.43. The van der Waals surface area contributed by atoms with Crippen LogP contribution in [0.2, 0.25) is 5.02 Å². The average molecular weight is 310 g/mol. The maximum atomic E-state index is 12.7. The summed E-state index contributed by atoms with van der Waals surface area (Å²) >= 11 is 5.67. The van der Waals surface area contributed by atoms with E-state index in [0.29, 0.717) is 6.42 Å². The van der Waals surface area contributed by atoms with Crippen molar-refractivity contribution in [1.29, 1.82) is 0 Å². The smallest absolute Gasteiger partial charge is 0.416 e. The highest BCUT2D eigenvalue weighted by atomic mass is 35.5. The van der Waals surface area contributed by atoms with Crippen LogP contribution in [0.4, 0.5) is 18.9 Å². The van der Waals surface area contributed by atoms with Crippen LogP contribution in [0.5, 0.6) is 0 Å². The van der Waals surface area contributed by atoms with Gasteiger partial charge in [0.2, 0.25) is 0 Å². The molecule has 0 aliphatic carbocycles. The number of hydrogen-bond acceptors (Lipinski definition) is 3. The molecule has 0 amide bonds. The Morgan fingerprint density at radius 2 is 2.00 bits per heavy atom. The molecule has 0 aliphatic rings. The lowest BCUT2D eigenvalue weighted by atomic mass is 10.1. The summed E-state index contributed by atoms with van der Waals surface area (Å²) in [7, 11) is 0. The van der Waals surface area contributed by atoms with Gasteiger partial charge in [-0.05, 0) is 31.5 Å². The number of anilines is 1. The van der Waals surface area contributed by atoms with E-state index in [0.717, 1.165) is 12.1 Å². The number of halogens is 4. The number of benzene rings is 1. The molecule has 0 fully saturated rings. The van der Waals surface area contributed by atoms with Crippen molar-refractivity contribution in [3.05, 3.63) is 28.8 Å². The van der Waals surface area contributed by atoms with Gasteiger partial charge in [-0.15, -0.1) is 0 Å². The molecule has 0 saturated carbocycles. The Morgan fingerprint density at radius 1 is 1.35 bits per heavy atom. The van der Waals surface area contributed by atoms with Crippen LogP contribution in [-0.2, 0) is 15.7 Å². The first-order chi connectivity index (χ1) is 9.27. The highest BCUT2D eigenvalue weighted by Crippen LogP contribution is 2.33. The zero-order valence-corrected chi connectivity index (χ0v) is 11.8. The fourth-order valence-electron chi connectivity index (χ4n) is 1.61. The molecule has 0 bridgehead atoms. The molecule has 20 heavy (non-hydrogen) atoms. The molecule has 0 spiro atoms. The number of rotatable bonds is 5. The molecule has 0 aliphatic heterocycles. The third-order valence-corrected chi connectivity index (χ3v) is 2.76. The summed E-state index contributed by atoms with van der Waals surface area (Å²) in [5.74, 6) is -0.511. The Kier molecular flexibility index (Phi) is 5.68. The van der Waals surface area contributed by atoms with Crippen LogP contribution in [0, 0.1) is 0 Å². The van der Waals surface area contributed by atoms with E-state index >= 15 is 0 Å². The molecule has 1 N–H and O–H groups in total. The second-order valence-electron chi connectivity index (χ2n) is 4.08. The Bertz CT molecular complexity index is 477. The van der Waals surface area contributed by atoms with Crippen LogP contribution in [0.25, 0.3) is 0 Å². The summed E-state index contributed by atoms with van der Waals surface area (Å²) < 4.78 is 42.8. The van der Waals surface area contributed by atoms with E-state index in [1.54, 1.807) is 13.8 Å². The minimum atomic E-state index is -4.49. The molecule has 1 aromatic carbocycles. The quantitative estimate of drug-likeness (QED) is 0.832. The number of esters is 1.